The molecule has 1 aromatic carbocycles. The van der Waals surface area contributed by atoms with E-state index in [1.165, 1.54) is 44.2 Å². The highest BCUT2D eigenvalue weighted by Crippen LogP contribution is 2.27. The minimum atomic E-state index is 0.119. The van der Waals surface area contributed by atoms with Crippen molar-refractivity contribution in [2.24, 2.45) is 0 Å². The average Bonchev–Trinajstić information content (AvgIpc) is 3.29. The lowest BCUT2D eigenvalue weighted by Crippen LogP contribution is -2.39. The molecule has 2 aliphatic rings. The van der Waals surface area contributed by atoms with Gasteiger partial charge in [-0.1, -0.05) is 18.6 Å². The standard InChI is InChI=1S/C23H28N6O/c30-22(19-8-6-18(7-9-19)15-27-12-2-1-3-13-27)28-14-4-5-20(16-28)21-10-11-24-23-25-17-26-29(21)23/h6-11,17,20H,1-5,12-16H2. The van der Waals surface area contributed by atoms with E-state index in [1.54, 1.807) is 10.7 Å². The second-order valence-corrected chi connectivity index (χ2v) is 8.47. The Labute approximate surface area is 176 Å². The molecule has 1 atom stereocenters. The summed E-state index contributed by atoms with van der Waals surface area (Å²) in [5, 5.41) is 4.32. The van der Waals surface area contributed by atoms with Crippen molar-refractivity contribution in [1.29, 1.82) is 0 Å². The fourth-order valence-corrected chi connectivity index (χ4v) is 4.78. The van der Waals surface area contributed by atoms with Crippen LogP contribution in [0.3, 0.4) is 0 Å². The summed E-state index contributed by atoms with van der Waals surface area (Å²) in [4.78, 5) is 26.1. The number of nitrogens with zero attached hydrogens (tertiary/aromatic N) is 6. The molecule has 0 saturated carbocycles. The molecular weight excluding hydrogens is 376 g/mol. The molecule has 30 heavy (non-hydrogen) atoms. The molecule has 2 saturated heterocycles. The van der Waals surface area contributed by atoms with E-state index in [9.17, 15) is 4.79 Å². The van der Waals surface area contributed by atoms with Crippen LogP contribution in [0.15, 0.2) is 42.9 Å². The third kappa shape index (κ3) is 3.94. The third-order valence-corrected chi connectivity index (χ3v) is 6.39. The van der Waals surface area contributed by atoms with E-state index in [0.717, 1.165) is 37.2 Å². The Bertz CT molecular complexity index is 1010. The number of rotatable bonds is 4. The quantitative estimate of drug-likeness (QED) is 0.668. The molecule has 1 unspecified atom stereocenters. The molecule has 4 heterocycles. The number of benzene rings is 1. The summed E-state index contributed by atoms with van der Waals surface area (Å²) in [5.41, 5.74) is 3.14. The van der Waals surface area contributed by atoms with E-state index < -0.39 is 0 Å². The molecule has 2 aliphatic heterocycles. The average molecular weight is 405 g/mol. The highest BCUT2D eigenvalue weighted by atomic mass is 16.2. The summed E-state index contributed by atoms with van der Waals surface area (Å²) in [6.07, 6.45) is 9.28. The van der Waals surface area contributed by atoms with Crippen molar-refractivity contribution in [3.8, 4) is 0 Å². The summed E-state index contributed by atoms with van der Waals surface area (Å²) in [7, 11) is 0. The van der Waals surface area contributed by atoms with Crippen LogP contribution in [0.25, 0.3) is 5.78 Å². The molecule has 0 N–H and O–H groups in total. The summed E-state index contributed by atoms with van der Waals surface area (Å²) < 4.78 is 1.80. The molecule has 5 rings (SSSR count). The zero-order valence-corrected chi connectivity index (χ0v) is 17.3. The molecule has 7 heteroatoms. The van der Waals surface area contributed by atoms with Gasteiger partial charge in [-0.25, -0.2) is 9.50 Å². The minimum absolute atomic E-state index is 0.119. The first-order valence-corrected chi connectivity index (χ1v) is 11.0. The van der Waals surface area contributed by atoms with Gasteiger partial charge in [0.2, 0.25) is 0 Å². The van der Waals surface area contributed by atoms with Crippen LogP contribution in [0, 0.1) is 0 Å². The van der Waals surface area contributed by atoms with Crippen molar-refractivity contribution in [3.05, 3.63) is 59.7 Å². The van der Waals surface area contributed by atoms with E-state index in [4.69, 9.17) is 0 Å². The van der Waals surface area contributed by atoms with Gasteiger partial charge in [0.05, 0.1) is 5.69 Å². The van der Waals surface area contributed by atoms with Crippen molar-refractivity contribution < 1.29 is 4.79 Å². The van der Waals surface area contributed by atoms with Crippen molar-refractivity contribution in [1.82, 2.24) is 29.4 Å². The number of aromatic nitrogens is 4. The van der Waals surface area contributed by atoms with Gasteiger partial charge in [-0.05, 0) is 62.5 Å². The second-order valence-electron chi connectivity index (χ2n) is 8.47. The van der Waals surface area contributed by atoms with Gasteiger partial charge in [0.15, 0.2) is 0 Å². The number of carbonyl (C=O) groups excluding carboxylic acids is 1. The first-order chi connectivity index (χ1) is 14.8. The summed E-state index contributed by atoms with van der Waals surface area (Å²) in [6.45, 7) is 4.85. The smallest absolute Gasteiger partial charge is 0.253 e. The number of fused-ring (bicyclic) bond motifs is 1. The monoisotopic (exact) mass is 404 g/mol. The number of hydrogen-bond acceptors (Lipinski definition) is 5. The predicted octanol–water partition coefficient (Wildman–Crippen LogP) is 3.13. The Hall–Kier alpha value is -2.80. The summed E-state index contributed by atoms with van der Waals surface area (Å²) in [6, 6.07) is 10.2. The number of amides is 1. The number of piperidine rings is 2. The van der Waals surface area contributed by atoms with Gasteiger partial charge < -0.3 is 4.90 Å². The molecule has 7 nitrogen and oxygen atoms in total. The topological polar surface area (TPSA) is 66.6 Å². The highest BCUT2D eigenvalue weighted by Gasteiger charge is 2.27. The Balaban J connectivity index is 1.27. The van der Waals surface area contributed by atoms with E-state index in [-0.39, 0.29) is 11.8 Å². The van der Waals surface area contributed by atoms with Crippen LogP contribution in [-0.2, 0) is 6.54 Å². The lowest BCUT2D eigenvalue weighted by atomic mass is 9.94. The van der Waals surface area contributed by atoms with Crippen molar-refractivity contribution in [2.45, 2.75) is 44.6 Å². The van der Waals surface area contributed by atoms with Crippen LogP contribution in [0.5, 0.6) is 0 Å². The Kier molecular flexibility index (Phi) is 5.45. The predicted molar refractivity (Wildman–Crippen MR) is 114 cm³/mol. The zero-order chi connectivity index (χ0) is 20.3. The molecule has 2 aromatic heterocycles. The SMILES string of the molecule is O=C(c1ccc(CN2CCCCC2)cc1)N1CCCC(c2ccnc3ncnn23)C1. The molecule has 0 spiro atoms. The van der Waals surface area contributed by atoms with Crippen LogP contribution >= 0.6 is 0 Å². The van der Waals surface area contributed by atoms with Gasteiger partial charge in [-0.15, -0.1) is 0 Å². The Morgan fingerprint density at radius 2 is 1.80 bits per heavy atom. The van der Waals surface area contributed by atoms with Crippen molar-refractivity contribution in [2.75, 3.05) is 26.2 Å². The van der Waals surface area contributed by atoms with Gasteiger partial charge >= 0.3 is 0 Å². The lowest BCUT2D eigenvalue weighted by Gasteiger charge is -2.33. The number of likely N-dealkylation sites (tertiary alicyclic amines) is 2. The molecule has 0 bridgehead atoms. The van der Waals surface area contributed by atoms with Gasteiger partial charge in [-0.3, -0.25) is 9.69 Å². The first kappa shape index (κ1) is 19.2. The number of carbonyl (C=O) groups is 1. The largest absolute Gasteiger partial charge is 0.338 e. The fraction of sp³-hybridized carbons (Fsp3) is 0.478. The van der Waals surface area contributed by atoms with E-state index in [2.05, 4.69) is 32.1 Å². The molecule has 1 amide bonds. The van der Waals surface area contributed by atoms with Gasteiger partial charge in [-0.2, -0.15) is 10.1 Å². The molecule has 0 aliphatic carbocycles. The van der Waals surface area contributed by atoms with Crippen molar-refractivity contribution in [3.63, 3.8) is 0 Å². The van der Waals surface area contributed by atoms with Crippen LogP contribution in [-0.4, -0.2) is 61.5 Å². The maximum atomic E-state index is 13.2. The van der Waals surface area contributed by atoms with Crippen LogP contribution in [0.2, 0.25) is 0 Å². The third-order valence-electron chi connectivity index (χ3n) is 6.39. The Morgan fingerprint density at radius 3 is 2.63 bits per heavy atom. The molecule has 3 aromatic rings. The van der Waals surface area contributed by atoms with E-state index in [1.807, 2.05) is 23.1 Å². The minimum Gasteiger partial charge on any atom is -0.338 e. The number of hydrogen-bond donors (Lipinski definition) is 0. The fourth-order valence-electron chi connectivity index (χ4n) is 4.78. The normalized spacial score (nSPS) is 20.5. The Morgan fingerprint density at radius 1 is 0.967 bits per heavy atom. The first-order valence-electron chi connectivity index (χ1n) is 11.0. The van der Waals surface area contributed by atoms with Gasteiger partial charge in [0.1, 0.15) is 6.33 Å². The molecular formula is C23H28N6O. The highest BCUT2D eigenvalue weighted by molar-refractivity contribution is 5.94. The molecule has 2 fully saturated rings. The maximum Gasteiger partial charge on any atom is 0.253 e. The lowest BCUT2D eigenvalue weighted by molar-refractivity contribution is 0.0705. The van der Waals surface area contributed by atoms with Crippen LogP contribution < -0.4 is 0 Å². The maximum absolute atomic E-state index is 13.2. The zero-order valence-electron chi connectivity index (χ0n) is 17.3. The second kappa shape index (κ2) is 8.52. The molecule has 156 valence electrons. The van der Waals surface area contributed by atoms with Crippen LogP contribution in [0.1, 0.15) is 59.6 Å². The van der Waals surface area contributed by atoms with E-state index >= 15 is 0 Å². The van der Waals surface area contributed by atoms with Gasteiger partial charge in [0, 0.05) is 37.3 Å². The van der Waals surface area contributed by atoms with E-state index in [0.29, 0.717) is 12.3 Å². The van der Waals surface area contributed by atoms with Crippen LogP contribution in [0.4, 0.5) is 0 Å². The summed E-state index contributed by atoms with van der Waals surface area (Å²) >= 11 is 0. The van der Waals surface area contributed by atoms with Crippen molar-refractivity contribution >= 4 is 11.7 Å². The molecule has 0 radical (unpaired) electrons. The summed E-state index contributed by atoms with van der Waals surface area (Å²) in [5.74, 6) is 0.974. The van der Waals surface area contributed by atoms with Gasteiger partial charge in [0.25, 0.3) is 11.7 Å².